The third kappa shape index (κ3) is 5.74. The molecule has 0 bridgehead atoms. The van der Waals surface area contributed by atoms with Crippen molar-refractivity contribution in [1.29, 1.82) is 0 Å². The van der Waals surface area contributed by atoms with E-state index in [2.05, 4.69) is 20.7 Å². The van der Waals surface area contributed by atoms with Crippen molar-refractivity contribution in [2.24, 2.45) is 0 Å². The molecule has 1 aromatic carbocycles. The van der Waals surface area contributed by atoms with Gasteiger partial charge in [0.1, 0.15) is 5.75 Å². The van der Waals surface area contributed by atoms with E-state index in [1.807, 2.05) is 0 Å². The topological polar surface area (TPSA) is 52.6 Å². The van der Waals surface area contributed by atoms with E-state index in [9.17, 15) is 22.8 Å². The molecule has 0 spiro atoms. The van der Waals surface area contributed by atoms with Gasteiger partial charge in [-0.1, -0.05) is 15.9 Å². The Morgan fingerprint density at radius 2 is 1.81 bits per heavy atom. The lowest BCUT2D eigenvalue weighted by Crippen LogP contribution is -2.18. The molecule has 0 heterocycles. The van der Waals surface area contributed by atoms with Crippen LogP contribution in [0.1, 0.15) is 34.1 Å². The quantitative estimate of drug-likeness (QED) is 0.436. The van der Waals surface area contributed by atoms with Crippen molar-refractivity contribution in [3.05, 3.63) is 29.3 Å². The Balaban J connectivity index is 3.19. The van der Waals surface area contributed by atoms with Crippen LogP contribution in [0.2, 0.25) is 0 Å². The molecule has 1 aromatic rings. The van der Waals surface area contributed by atoms with Crippen molar-refractivity contribution in [2.45, 2.75) is 19.7 Å². The molecule has 0 saturated heterocycles. The summed E-state index contributed by atoms with van der Waals surface area (Å²) in [4.78, 5) is 23.4. The van der Waals surface area contributed by atoms with Crippen LogP contribution in [-0.4, -0.2) is 30.1 Å². The molecule has 0 radical (unpaired) electrons. The van der Waals surface area contributed by atoms with Crippen LogP contribution in [0.3, 0.4) is 0 Å². The summed E-state index contributed by atoms with van der Waals surface area (Å²) in [5.41, 5.74) is -0.212. The summed E-state index contributed by atoms with van der Waals surface area (Å²) in [5.74, 6) is -1.87. The lowest BCUT2D eigenvalue weighted by molar-refractivity contribution is -0.274. The number of benzene rings is 1. The molecule has 0 N–H and O–H groups in total. The minimum absolute atomic E-state index is 0.0424. The van der Waals surface area contributed by atoms with Crippen molar-refractivity contribution >= 4 is 27.7 Å². The molecule has 0 fully saturated rings. The first-order chi connectivity index (χ1) is 9.76. The molecule has 0 aliphatic heterocycles. The van der Waals surface area contributed by atoms with Gasteiger partial charge in [0.05, 0.1) is 12.2 Å². The van der Waals surface area contributed by atoms with E-state index in [1.54, 1.807) is 6.92 Å². The smallest absolute Gasteiger partial charge is 0.462 e. The van der Waals surface area contributed by atoms with Crippen molar-refractivity contribution in [3.8, 4) is 5.75 Å². The number of carbonyl (C=O) groups is 2. The van der Waals surface area contributed by atoms with E-state index < -0.39 is 23.9 Å². The van der Waals surface area contributed by atoms with E-state index in [1.165, 1.54) is 6.07 Å². The number of Topliss-reactive ketones (excluding diaryl/α,β-unsaturated/α-hetero) is 1. The highest BCUT2D eigenvalue weighted by Crippen LogP contribution is 2.26. The molecule has 0 amide bonds. The molecule has 0 aliphatic carbocycles. The minimum Gasteiger partial charge on any atom is -0.462 e. The zero-order valence-corrected chi connectivity index (χ0v) is 12.6. The van der Waals surface area contributed by atoms with Crippen LogP contribution in [-0.2, 0) is 4.74 Å². The fourth-order valence-corrected chi connectivity index (χ4v) is 1.88. The molecular formula is C13H12BrF3O4. The van der Waals surface area contributed by atoms with Gasteiger partial charge in [-0.3, -0.25) is 4.79 Å². The predicted molar refractivity (Wildman–Crippen MR) is 71.8 cm³/mol. The standard InChI is InChI=1S/C13H12BrF3O4/c1-2-20-12(19)9-5-8(11(18)3-4-14)6-10(7-9)21-13(15,16)17/h5-7H,2-4H2,1H3. The van der Waals surface area contributed by atoms with Crippen LogP contribution >= 0.6 is 15.9 Å². The lowest BCUT2D eigenvalue weighted by atomic mass is 10.0. The van der Waals surface area contributed by atoms with Gasteiger partial charge in [0, 0.05) is 17.3 Å². The maximum Gasteiger partial charge on any atom is 0.573 e. The van der Waals surface area contributed by atoms with Crippen molar-refractivity contribution < 1.29 is 32.2 Å². The van der Waals surface area contributed by atoms with Crippen molar-refractivity contribution in [2.75, 3.05) is 11.9 Å². The monoisotopic (exact) mass is 368 g/mol. The molecule has 8 heteroatoms. The SMILES string of the molecule is CCOC(=O)c1cc(OC(F)(F)F)cc(C(=O)CCBr)c1. The van der Waals surface area contributed by atoms with E-state index in [-0.39, 0.29) is 24.2 Å². The summed E-state index contributed by atoms with van der Waals surface area (Å²) in [6.45, 7) is 1.62. The van der Waals surface area contributed by atoms with Crippen LogP contribution in [0.25, 0.3) is 0 Å². The molecular weight excluding hydrogens is 357 g/mol. The zero-order chi connectivity index (χ0) is 16.0. The average molecular weight is 369 g/mol. The van der Waals surface area contributed by atoms with Gasteiger partial charge in [-0.25, -0.2) is 4.79 Å². The van der Waals surface area contributed by atoms with E-state index >= 15 is 0 Å². The summed E-state index contributed by atoms with van der Waals surface area (Å²) in [6, 6.07) is 3.02. The van der Waals surface area contributed by atoms with Crippen molar-refractivity contribution in [3.63, 3.8) is 0 Å². The Bertz CT molecular complexity index is 492. The highest BCUT2D eigenvalue weighted by molar-refractivity contribution is 9.09. The second-order valence-electron chi connectivity index (χ2n) is 3.88. The Kier molecular flexibility index (Phi) is 6.19. The summed E-state index contributed by atoms with van der Waals surface area (Å²) in [5, 5.41) is 0.352. The molecule has 0 aliphatic rings. The average Bonchev–Trinajstić information content (AvgIpc) is 2.37. The highest BCUT2D eigenvalue weighted by atomic mass is 79.9. The van der Waals surface area contributed by atoms with Crippen LogP contribution in [0.4, 0.5) is 13.2 Å². The molecule has 0 atom stereocenters. The third-order valence-electron chi connectivity index (χ3n) is 2.29. The van der Waals surface area contributed by atoms with Gasteiger partial charge in [0.2, 0.25) is 0 Å². The van der Waals surface area contributed by atoms with E-state index in [0.717, 1.165) is 12.1 Å². The fraction of sp³-hybridized carbons (Fsp3) is 0.385. The van der Waals surface area contributed by atoms with Gasteiger partial charge in [-0.15, -0.1) is 13.2 Å². The summed E-state index contributed by atoms with van der Waals surface area (Å²) in [7, 11) is 0. The molecule has 0 unspecified atom stereocenters. The number of halogens is 4. The second-order valence-corrected chi connectivity index (χ2v) is 4.67. The predicted octanol–water partition coefficient (Wildman–Crippen LogP) is 3.73. The number of hydrogen-bond acceptors (Lipinski definition) is 4. The normalized spacial score (nSPS) is 11.1. The second kappa shape index (κ2) is 7.44. The Morgan fingerprint density at radius 3 is 2.33 bits per heavy atom. The summed E-state index contributed by atoms with van der Waals surface area (Å²) in [6.07, 6.45) is -4.83. The Morgan fingerprint density at radius 1 is 1.19 bits per heavy atom. The van der Waals surface area contributed by atoms with Crippen molar-refractivity contribution in [1.82, 2.24) is 0 Å². The first-order valence-corrected chi connectivity index (χ1v) is 7.06. The first kappa shape index (κ1) is 17.5. The number of ether oxygens (including phenoxy) is 2. The molecule has 0 saturated carbocycles. The highest BCUT2D eigenvalue weighted by Gasteiger charge is 2.31. The number of ketones is 1. The van der Waals surface area contributed by atoms with E-state index in [4.69, 9.17) is 4.74 Å². The van der Waals surface area contributed by atoms with Gasteiger partial charge >= 0.3 is 12.3 Å². The maximum absolute atomic E-state index is 12.3. The van der Waals surface area contributed by atoms with Gasteiger partial charge in [0.25, 0.3) is 0 Å². The molecule has 0 aromatic heterocycles. The largest absolute Gasteiger partial charge is 0.573 e. The van der Waals surface area contributed by atoms with Crippen LogP contribution < -0.4 is 4.74 Å². The van der Waals surface area contributed by atoms with E-state index in [0.29, 0.717) is 5.33 Å². The molecule has 1 rings (SSSR count). The van der Waals surface area contributed by atoms with Gasteiger partial charge in [-0.2, -0.15) is 0 Å². The number of alkyl halides is 4. The fourth-order valence-electron chi connectivity index (χ4n) is 1.52. The van der Waals surface area contributed by atoms with Gasteiger partial charge in [-0.05, 0) is 25.1 Å². The number of hydrogen-bond donors (Lipinski definition) is 0. The Hall–Kier alpha value is -1.57. The van der Waals surface area contributed by atoms with Gasteiger partial charge in [0.15, 0.2) is 5.78 Å². The van der Waals surface area contributed by atoms with Gasteiger partial charge < -0.3 is 9.47 Å². The number of rotatable bonds is 6. The Labute approximate surface area is 127 Å². The molecule has 116 valence electrons. The lowest BCUT2D eigenvalue weighted by Gasteiger charge is -2.12. The number of esters is 1. The zero-order valence-electron chi connectivity index (χ0n) is 11.0. The van der Waals surface area contributed by atoms with Crippen LogP contribution in [0.5, 0.6) is 5.75 Å². The summed E-state index contributed by atoms with van der Waals surface area (Å²) < 4.78 is 45.3. The minimum atomic E-state index is -4.91. The molecule has 4 nitrogen and oxygen atoms in total. The number of carbonyl (C=O) groups excluding carboxylic acids is 2. The van der Waals surface area contributed by atoms with Crippen LogP contribution in [0.15, 0.2) is 18.2 Å². The third-order valence-corrected chi connectivity index (χ3v) is 2.69. The first-order valence-electron chi connectivity index (χ1n) is 5.94. The molecule has 21 heavy (non-hydrogen) atoms. The summed E-state index contributed by atoms with van der Waals surface area (Å²) >= 11 is 3.06. The van der Waals surface area contributed by atoms with Crippen LogP contribution in [0, 0.1) is 0 Å². The maximum atomic E-state index is 12.3.